The van der Waals surface area contributed by atoms with Crippen LogP contribution < -0.4 is 4.74 Å². The molecule has 1 fully saturated rings. The minimum absolute atomic E-state index is 0.101. The van der Waals surface area contributed by atoms with Crippen LogP contribution in [0.4, 0.5) is 0 Å². The first-order valence-corrected chi connectivity index (χ1v) is 12.0. The molecular weight excluding hydrogens is 508 g/mol. The van der Waals surface area contributed by atoms with Crippen molar-refractivity contribution in [3.8, 4) is 5.75 Å². The molecule has 3 aromatic carbocycles. The lowest BCUT2D eigenvalue weighted by Gasteiger charge is -2.25. The van der Waals surface area contributed by atoms with Crippen molar-refractivity contribution in [1.82, 2.24) is 9.88 Å². The molecule has 1 saturated heterocycles. The number of carbonyl (C=O) groups is 2. The van der Waals surface area contributed by atoms with Gasteiger partial charge < -0.3 is 19.7 Å². The molecule has 0 saturated carbocycles. The Morgan fingerprint density at radius 2 is 1.80 bits per heavy atom. The number of rotatable bonds is 6. The Labute approximate surface area is 211 Å². The van der Waals surface area contributed by atoms with E-state index in [1.807, 2.05) is 54.7 Å². The third-order valence-electron chi connectivity index (χ3n) is 6.37. The quantitative estimate of drug-likeness (QED) is 0.193. The zero-order chi connectivity index (χ0) is 24.5. The number of amides is 1. The van der Waals surface area contributed by atoms with Crippen LogP contribution in [0.15, 0.2) is 89.0 Å². The fraction of sp³-hybridized carbons (Fsp3) is 0.143. The maximum Gasteiger partial charge on any atom is 0.295 e. The van der Waals surface area contributed by atoms with E-state index in [9.17, 15) is 14.7 Å². The Balaban J connectivity index is 1.54. The average Bonchev–Trinajstić information content (AvgIpc) is 3.40. The number of aromatic nitrogens is 1. The second kappa shape index (κ2) is 9.43. The van der Waals surface area contributed by atoms with E-state index >= 15 is 0 Å². The van der Waals surface area contributed by atoms with Crippen molar-refractivity contribution >= 4 is 44.3 Å². The number of Topliss-reactive ketones (excluding diaryl/α,β-unsaturated/α-hetero) is 1. The minimum atomic E-state index is -0.681. The number of H-pyrrole nitrogens is 1. The van der Waals surface area contributed by atoms with Gasteiger partial charge in [0.1, 0.15) is 11.5 Å². The maximum atomic E-state index is 13.2. The highest BCUT2D eigenvalue weighted by Gasteiger charge is 2.45. The number of methoxy groups -OCH3 is 1. The lowest BCUT2D eigenvalue weighted by molar-refractivity contribution is -0.139. The molecule has 0 radical (unpaired) electrons. The average molecular weight is 531 g/mol. The molecular formula is C28H23BrN2O4. The number of nitrogens with one attached hydrogen (secondary N) is 1. The van der Waals surface area contributed by atoms with Crippen LogP contribution in [0, 0.1) is 0 Å². The number of hydrogen-bond acceptors (Lipinski definition) is 4. The van der Waals surface area contributed by atoms with Crippen LogP contribution >= 0.6 is 15.9 Å². The molecule has 6 nitrogen and oxygen atoms in total. The molecule has 1 aromatic heterocycles. The second-order valence-corrected chi connectivity index (χ2v) is 9.30. The van der Waals surface area contributed by atoms with Gasteiger partial charge in [-0.3, -0.25) is 9.59 Å². The SMILES string of the molecule is COc1ccc2[nH]cc(CCN3C(=O)C(=O)/C(=C(\O)c4ccc(Br)cc4)C3c3ccccc3)c2c1. The highest BCUT2D eigenvalue weighted by Crippen LogP contribution is 2.39. The zero-order valence-corrected chi connectivity index (χ0v) is 20.6. The number of fused-ring (bicyclic) bond motifs is 1. The standard InChI is InChI=1S/C28H23BrN2O4/c1-35-21-11-12-23-22(15-21)19(16-30-23)13-14-31-25(17-5-3-2-4-6-17)24(27(33)28(31)34)26(32)18-7-9-20(29)10-8-18/h2-12,15-16,25,30,32H,13-14H2,1H3/b26-24-. The van der Waals surface area contributed by atoms with E-state index in [0.29, 0.717) is 18.5 Å². The van der Waals surface area contributed by atoms with E-state index in [1.165, 1.54) is 0 Å². The molecule has 1 aliphatic heterocycles. The lowest BCUT2D eigenvalue weighted by Crippen LogP contribution is -2.31. The van der Waals surface area contributed by atoms with Crippen molar-refractivity contribution < 1.29 is 19.4 Å². The summed E-state index contributed by atoms with van der Waals surface area (Å²) in [5.74, 6) is -0.726. The molecule has 7 heteroatoms. The molecule has 176 valence electrons. The summed E-state index contributed by atoms with van der Waals surface area (Å²) in [7, 11) is 1.62. The van der Waals surface area contributed by atoms with E-state index in [2.05, 4.69) is 20.9 Å². The number of aliphatic hydroxyl groups is 1. The predicted octanol–water partition coefficient (Wildman–Crippen LogP) is 5.60. The third-order valence-corrected chi connectivity index (χ3v) is 6.90. The number of aliphatic hydroxyl groups excluding tert-OH is 1. The summed E-state index contributed by atoms with van der Waals surface area (Å²) in [5.41, 5.74) is 3.34. The summed E-state index contributed by atoms with van der Waals surface area (Å²) in [6.45, 7) is 0.311. The number of benzene rings is 3. The molecule has 1 aliphatic rings. The summed E-state index contributed by atoms with van der Waals surface area (Å²) < 4.78 is 6.21. The molecule has 0 aliphatic carbocycles. The monoisotopic (exact) mass is 530 g/mol. The van der Waals surface area contributed by atoms with Gasteiger partial charge in [-0.15, -0.1) is 0 Å². The van der Waals surface area contributed by atoms with Crippen LogP contribution in [-0.2, 0) is 16.0 Å². The van der Waals surface area contributed by atoms with Gasteiger partial charge in [0, 0.05) is 33.7 Å². The summed E-state index contributed by atoms with van der Waals surface area (Å²) in [4.78, 5) is 31.2. The van der Waals surface area contributed by atoms with Gasteiger partial charge in [0.2, 0.25) is 0 Å². The van der Waals surface area contributed by atoms with Crippen molar-refractivity contribution in [1.29, 1.82) is 0 Å². The topological polar surface area (TPSA) is 82.6 Å². The highest BCUT2D eigenvalue weighted by atomic mass is 79.9. The Bertz CT molecular complexity index is 1440. The predicted molar refractivity (Wildman–Crippen MR) is 138 cm³/mol. The number of aromatic amines is 1. The van der Waals surface area contributed by atoms with Crippen LogP contribution in [0.3, 0.4) is 0 Å². The largest absolute Gasteiger partial charge is 0.507 e. The lowest BCUT2D eigenvalue weighted by atomic mass is 9.95. The number of carbonyl (C=O) groups excluding carboxylic acids is 2. The number of ketones is 1. The van der Waals surface area contributed by atoms with E-state index in [4.69, 9.17) is 4.74 Å². The number of ether oxygens (including phenoxy) is 1. The summed E-state index contributed by atoms with van der Waals surface area (Å²) in [5, 5.41) is 12.2. The molecule has 1 atom stereocenters. The summed E-state index contributed by atoms with van der Waals surface area (Å²) in [6, 6.07) is 21.5. The Hall–Kier alpha value is -3.84. The summed E-state index contributed by atoms with van der Waals surface area (Å²) >= 11 is 3.39. The normalized spacial score (nSPS) is 17.3. The minimum Gasteiger partial charge on any atom is -0.507 e. The smallest absolute Gasteiger partial charge is 0.295 e. The molecule has 2 N–H and O–H groups in total. The van der Waals surface area contributed by atoms with Crippen LogP contribution in [-0.4, -0.2) is 40.3 Å². The van der Waals surface area contributed by atoms with Crippen molar-refractivity contribution in [2.24, 2.45) is 0 Å². The first-order valence-electron chi connectivity index (χ1n) is 11.2. The molecule has 4 aromatic rings. The molecule has 5 rings (SSSR count). The van der Waals surface area contributed by atoms with Crippen LogP contribution in [0.2, 0.25) is 0 Å². The maximum absolute atomic E-state index is 13.2. The van der Waals surface area contributed by atoms with Crippen LogP contribution in [0.1, 0.15) is 22.7 Å². The third kappa shape index (κ3) is 4.23. The first kappa shape index (κ1) is 22.9. The Morgan fingerprint density at radius 3 is 2.51 bits per heavy atom. The Kier molecular flexibility index (Phi) is 6.17. The van der Waals surface area contributed by atoms with E-state index in [-0.39, 0.29) is 11.3 Å². The van der Waals surface area contributed by atoms with Crippen molar-refractivity contribution in [3.05, 3.63) is 106 Å². The van der Waals surface area contributed by atoms with Gasteiger partial charge in [0.05, 0.1) is 18.7 Å². The number of halogens is 1. The van der Waals surface area contributed by atoms with Gasteiger partial charge in [0.15, 0.2) is 0 Å². The van der Waals surface area contributed by atoms with Gasteiger partial charge in [-0.1, -0.05) is 58.4 Å². The van der Waals surface area contributed by atoms with Gasteiger partial charge in [0.25, 0.3) is 11.7 Å². The zero-order valence-electron chi connectivity index (χ0n) is 19.0. The molecule has 0 bridgehead atoms. The molecule has 1 unspecified atom stereocenters. The number of hydrogen-bond donors (Lipinski definition) is 2. The van der Waals surface area contributed by atoms with Crippen LogP contribution in [0.5, 0.6) is 5.75 Å². The highest BCUT2D eigenvalue weighted by molar-refractivity contribution is 9.10. The fourth-order valence-electron chi connectivity index (χ4n) is 4.59. The van der Waals surface area contributed by atoms with Gasteiger partial charge in [-0.25, -0.2) is 0 Å². The molecule has 2 heterocycles. The van der Waals surface area contributed by atoms with E-state index in [0.717, 1.165) is 32.3 Å². The van der Waals surface area contributed by atoms with Crippen molar-refractivity contribution in [3.63, 3.8) is 0 Å². The van der Waals surface area contributed by atoms with Crippen LogP contribution in [0.25, 0.3) is 16.7 Å². The van der Waals surface area contributed by atoms with E-state index in [1.54, 1.807) is 36.3 Å². The first-order chi connectivity index (χ1) is 17.0. The summed E-state index contributed by atoms with van der Waals surface area (Å²) in [6.07, 6.45) is 2.45. The molecule has 1 amide bonds. The number of likely N-dealkylation sites (tertiary alicyclic amines) is 1. The van der Waals surface area contributed by atoms with Crippen molar-refractivity contribution in [2.75, 3.05) is 13.7 Å². The fourth-order valence-corrected chi connectivity index (χ4v) is 4.85. The van der Waals surface area contributed by atoms with Gasteiger partial charge in [-0.2, -0.15) is 0 Å². The molecule has 0 spiro atoms. The van der Waals surface area contributed by atoms with Crippen molar-refractivity contribution in [2.45, 2.75) is 12.5 Å². The van der Waals surface area contributed by atoms with Gasteiger partial charge in [-0.05, 0) is 47.9 Å². The van der Waals surface area contributed by atoms with Gasteiger partial charge >= 0.3 is 0 Å². The second-order valence-electron chi connectivity index (χ2n) is 8.39. The Morgan fingerprint density at radius 1 is 1.06 bits per heavy atom. The van der Waals surface area contributed by atoms with E-state index < -0.39 is 17.7 Å². The number of nitrogens with zero attached hydrogens (tertiary/aromatic N) is 1. The molecule has 35 heavy (non-hydrogen) atoms.